The van der Waals surface area contributed by atoms with Gasteiger partial charge in [-0.05, 0) is 59.7 Å². The highest BCUT2D eigenvalue weighted by molar-refractivity contribution is 7.89. The highest BCUT2D eigenvalue weighted by Gasteiger charge is 2.32. The molecule has 3 aromatic carbocycles. The molecule has 1 amide bonds. The standard InChI is InChI=1S/C29H39ClN4O4S/c1-20(2)18-34(39(37,38)25-12-13-27(31)26(30)17-25)24(19-35)9-5-6-14-33-29(36)28(32)16-21-10-11-22-7-3-4-8-23(22)15-21/h3-4,7-8,10-13,15,17,20,24,28,35H,5-6,9,14,16,18-19,31-32H2,1-2H3,(H,33,36). The van der Waals surface area contributed by atoms with E-state index in [2.05, 4.69) is 5.32 Å². The Hall–Kier alpha value is -2.69. The first-order valence-corrected chi connectivity index (χ1v) is 15.0. The van der Waals surface area contributed by atoms with Crippen LogP contribution in [0.15, 0.2) is 65.6 Å². The van der Waals surface area contributed by atoms with Crippen LogP contribution >= 0.6 is 11.6 Å². The quantitative estimate of drug-likeness (QED) is 0.170. The highest BCUT2D eigenvalue weighted by atomic mass is 35.5. The van der Waals surface area contributed by atoms with Crippen molar-refractivity contribution in [2.24, 2.45) is 11.7 Å². The number of nitrogens with two attached hydrogens (primary N) is 2. The summed E-state index contributed by atoms with van der Waals surface area (Å²) in [4.78, 5) is 12.6. The van der Waals surface area contributed by atoms with E-state index in [0.29, 0.717) is 37.9 Å². The molecule has 0 aromatic heterocycles. The minimum atomic E-state index is -3.91. The van der Waals surface area contributed by atoms with Gasteiger partial charge in [-0.3, -0.25) is 4.79 Å². The summed E-state index contributed by atoms with van der Waals surface area (Å²) in [6.45, 7) is 4.17. The topological polar surface area (TPSA) is 139 Å². The molecule has 2 atom stereocenters. The number of carbonyl (C=O) groups is 1. The van der Waals surface area contributed by atoms with Crippen LogP contribution in [0.5, 0.6) is 0 Å². The van der Waals surface area contributed by atoms with Crippen LogP contribution < -0.4 is 16.8 Å². The average Bonchev–Trinajstić information content (AvgIpc) is 2.90. The largest absolute Gasteiger partial charge is 0.398 e. The van der Waals surface area contributed by atoms with E-state index in [-0.39, 0.29) is 34.9 Å². The number of rotatable bonds is 14. The number of unbranched alkanes of at least 4 members (excludes halogenated alkanes) is 1. The van der Waals surface area contributed by atoms with Crippen molar-refractivity contribution in [3.05, 3.63) is 71.2 Å². The highest BCUT2D eigenvalue weighted by Crippen LogP contribution is 2.27. The number of nitrogen functional groups attached to an aromatic ring is 1. The van der Waals surface area contributed by atoms with Gasteiger partial charge in [0.1, 0.15) is 0 Å². The number of hydrogen-bond acceptors (Lipinski definition) is 6. The van der Waals surface area contributed by atoms with Crippen LogP contribution in [0.4, 0.5) is 5.69 Å². The number of nitrogens with zero attached hydrogens (tertiary/aromatic N) is 1. The molecule has 39 heavy (non-hydrogen) atoms. The molecule has 3 rings (SSSR count). The Bertz CT molecular complexity index is 1370. The van der Waals surface area contributed by atoms with Gasteiger partial charge in [-0.1, -0.05) is 74.3 Å². The molecule has 0 radical (unpaired) electrons. The molecule has 212 valence electrons. The SMILES string of the molecule is CC(C)CN(C(CO)CCCCNC(=O)C(N)Cc1ccc2ccccc2c1)S(=O)(=O)c1ccc(N)c(Cl)c1. The van der Waals surface area contributed by atoms with Crippen molar-refractivity contribution in [1.29, 1.82) is 0 Å². The van der Waals surface area contributed by atoms with Crippen LogP contribution in [0.2, 0.25) is 5.02 Å². The number of aliphatic hydroxyl groups is 1. The normalized spacial score (nSPS) is 13.6. The number of halogens is 1. The zero-order chi connectivity index (χ0) is 28.6. The van der Waals surface area contributed by atoms with Crippen molar-refractivity contribution in [2.75, 3.05) is 25.4 Å². The number of nitrogens with one attached hydrogen (secondary N) is 1. The lowest BCUT2D eigenvalue weighted by Gasteiger charge is -2.31. The summed E-state index contributed by atoms with van der Waals surface area (Å²) in [5, 5.41) is 15.4. The third kappa shape index (κ3) is 8.40. The lowest BCUT2D eigenvalue weighted by atomic mass is 10.0. The zero-order valence-corrected chi connectivity index (χ0v) is 24.1. The summed E-state index contributed by atoms with van der Waals surface area (Å²) >= 11 is 6.08. The number of fused-ring (bicyclic) bond motifs is 1. The van der Waals surface area contributed by atoms with Crippen molar-refractivity contribution in [3.63, 3.8) is 0 Å². The smallest absolute Gasteiger partial charge is 0.243 e. The molecule has 0 fully saturated rings. The van der Waals surface area contributed by atoms with Gasteiger partial charge in [0.25, 0.3) is 0 Å². The van der Waals surface area contributed by atoms with E-state index in [9.17, 15) is 18.3 Å². The molecule has 0 saturated heterocycles. The van der Waals surface area contributed by atoms with Gasteiger partial charge in [0.2, 0.25) is 15.9 Å². The van der Waals surface area contributed by atoms with Gasteiger partial charge in [-0.2, -0.15) is 4.31 Å². The van der Waals surface area contributed by atoms with Crippen molar-refractivity contribution in [1.82, 2.24) is 9.62 Å². The third-order valence-corrected chi connectivity index (χ3v) is 8.85. The number of benzene rings is 3. The maximum atomic E-state index is 13.5. The van der Waals surface area contributed by atoms with Crippen molar-refractivity contribution < 1.29 is 18.3 Å². The molecule has 2 unspecified atom stereocenters. The predicted molar refractivity (Wildman–Crippen MR) is 158 cm³/mol. The number of amides is 1. The summed E-state index contributed by atoms with van der Waals surface area (Å²) in [7, 11) is -3.91. The average molecular weight is 575 g/mol. The van der Waals surface area contributed by atoms with Crippen LogP contribution in [0.1, 0.15) is 38.7 Å². The number of anilines is 1. The molecule has 10 heteroatoms. The second-order valence-corrected chi connectivity index (χ2v) is 12.6. The van der Waals surface area contributed by atoms with Gasteiger partial charge in [0.05, 0.1) is 28.3 Å². The van der Waals surface area contributed by atoms with Crippen molar-refractivity contribution in [2.45, 2.75) is 56.5 Å². The van der Waals surface area contributed by atoms with E-state index >= 15 is 0 Å². The van der Waals surface area contributed by atoms with Gasteiger partial charge in [0, 0.05) is 19.1 Å². The Kier molecular flexibility index (Phi) is 11.1. The molecule has 0 bridgehead atoms. The summed E-state index contributed by atoms with van der Waals surface area (Å²) in [6, 6.07) is 17.0. The van der Waals surface area contributed by atoms with Crippen LogP contribution in [0.3, 0.4) is 0 Å². The first kappa shape index (κ1) is 30.8. The fourth-order valence-corrected chi connectivity index (χ4v) is 6.58. The Labute approximate surface area is 236 Å². The monoisotopic (exact) mass is 574 g/mol. The molecular weight excluding hydrogens is 536 g/mol. The minimum absolute atomic E-state index is 0.0356. The van der Waals surface area contributed by atoms with Crippen LogP contribution in [-0.4, -0.2) is 55.5 Å². The molecule has 0 aliphatic rings. The Morgan fingerprint density at radius 2 is 1.77 bits per heavy atom. The van der Waals surface area contributed by atoms with E-state index in [1.807, 2.05) is 56.3 Å². The molecule has 6 N–H and O–H groups in total. The van der Waals surface area contributed by atoms with E-state index in [1.54, 1.807) is 0 Å². The van der Waals surface area contributed by atoms with Crippen LogP contribution in [0, 0.1) is 5.92 Å². The summed E-state index contributed by atoms with van der Waals surface area (Å²) in [6.07, 6.45) is 2.09. The number of sulfonamides is 1. The Morgan fingerprint density at radius 3 is 2.44 bits per heavy atom. The third-order valence-electron chi connectivity index (χ3n) is 6.61. The lowest BCUT2D eigenvalue weighted by Crippen LogP contribution is -2.44. The number of hydrogen-bond donors (Lipinski definition) is 4. The second-order valence-electron chi connectivity index (χ2n) is 10.3. The number of carbonyl (C=O) groups excluding carboxylic acids is 1. The molecule has 0 saturated carbocycles. The van der Waals surface area contributed by atoms with Crippen LogP contribution in [0.25, 0.3) is 10.8 Å². The van der Waals surface area contributed by atoms with Gasteiger partial charge in [-0.15, -0.1) is 0 Å². The molecule has 0 aliphatic carbocycles. The summed E-state index contributed by atoms with van der Waals surface area (Å²) in [5.74, 6) is -0.187. The van der Waals surface area contributed by atoms with Crippen LogP contribution in [-0.2, 0) is 21.2 Å². The Morgan fingerprint density at radius 1 is 1.05 bits per heavy atom. The van der Waals surface area contributed by atoms with E-state index in [0.717, 1.165) is 16.3 Å². The maximum Gasteiger partial charge on any atom is 0.243 e. The van der Waals surface area contributed by atoms with E-state index < -0.39 is 22.1 Å². The van der Waals surface area contributed by atoms with Gasteiger partial charge in [-0.25, -0.2) is 8.42 Å². The molecule has 8 nitrogen and oxygen atoms in total. The summed E-state index contributed by atoms with van der Waals surface area (Å²) in [5.41, 5.74) is 13.2. The predicted octanol–water partition coefficient (Wildman–Crippen LogP) is 3.94. The van der Waals surface area contributed by atoms with Gasteiger partial charge >= 0.3 is 0 Å². The minimum Gasteiger partial charge on any atom is -0.398 e. The first-order valence-electron chi connectivity index (χ1n) is 13.2. The molecule has 0 spiro atoms. The molecule has 3 aromatic rings. The zero-order valence-electron chi connectivity index (χ0n) is 22.5. The molecule has 0 heterocycles. The van der Waals surface area contributed by atoms with Gasteiger partial charge < -0.3 is 21.9 Å². The van der Waals surface area contributed by atoms with Crippen molar-refractivity contribution in [3.8, 4) is 0 Å². The Balaban J connectivity index is 1.53. The van der Waals surface area contributed by atoms with E-state index in [4.69, 9.17) is 23.1 Å². The van der Waals surface area contributed by atoms with Gasteiger partial charge in [0.15, 0.2) is 0 Å². The summed E-state index contributed by atoms with van der Waals surface area (Å²) < 4.78 is 28.2. The van der Waals surface area contributed by atoms with E-state index in [1.165, 1.54) is 22.5 Å². The first-order chi connectivity index (χ1) is 18.5. The fraction of sp³-hybridized carbons (Fsp3) is 0.414. The molecule has 0 aliphatic heterocycles. The fourth-order valence-electron chi connectivity index (χ4n) is 4.49. The van der Waals surface area contributed by atoms with Crippen molar-refractivity contribution >= 4 is 44.0 Å². The lowest BCUT2D eigenvalue weighted by molar-refractivity contribution is -0.122. The maximum absolute atomic E-state index is 13.5. The second kappa shape index (κ2) is 14.1. The molecular formula is C29H39ClN4O4S. The number of aliphatic hydroxyl groups excluding tert-OH is 1.